The molecule has 0 bridgehead atoms. The van der Waals surface area contributed by atoms with Crippen LogP contribution < -0.4 is 0 Å². The third-order valence-corrected chi connectivity index (χ3v) is 44.2. The van der Waals surface area contributed by atoms with Crippen molar-refractivity contribution in [3.63, 3.8) is 0 Å². The second-order valence-corrected chi connectivity index (χ2v) is 28.0. The fourth-order valence-electron chi connectivity index (χ4n) is 1.19. The van der Waals surface area contributed by atoms with Gasteiger partial charge in [-0.25, -0.2) is 0 Å². The van der Waals surface area contributed by atoms with E-state index >= 15 is 0 Å². The van der Waals surface area contributed by atoms with Crippen LogP contribution in [0.4, 0.5) is 0 Å². The summed E-state index contributed by atoms with van der Waals surface area (Å²) in [5, 5.41) is 0. The summed E-state index contributed by atoms with van der Waals surface area (Å²) >= 11 is -4.26. The molecule has 0 spiro atoms. The Morgan fingerprint density at radius 2 is 1.00 bits per heavy atom. The van der Waals surface area contributed by atoms with Gasteiger partial charge in [-0.3, -0.25) is 0 Å². The molecule has 0 atom stereocenters. The van der Waals surface area contributed by atoms with Gasteiger partial charge in [0.25, 0.3) is 0 Å². The Labute approximate surface area is 60.5 Å². The quantitative estimate of drug-likeness (QED) is 0.626. The zero-order valence-electron chi connectivity index (χ0n) is 5.82. The first-order valence-electron chi connectivity index (χ1n) is 2.82. The average Bonchev–Trinajstić information content (AvgIpc) is 1.20. The molecule has 48 valence electrons. The third-order valence-electron chi connectivity index (χ3n) is 0.983. The van der Waals surface area contributed by atoms with Crippen LogP contribution in [0.1, 0.15) is 0 Å². The Balaban J connectivity index is 2.42. The van der Waals surface area contributed by atoms with Gasteiger partial charge in [0, 0.05) is 0 Å². The van der Waals surface area contributed by atoms with E-state index in [1.165, 1.54) is 0 Å². The topological polar surface area (TPSA) is 18.5 Å². The minimum atomic E-state index is -2.13. The second kappa shape index (κ2) is 2.00. The van der Waals surface area contributed by atoms with E-state index in [0.29, 0.717) is 0 Å². The van der Waals surface area contributed by atoms with E-state index < -0.39 is 38.4 Å². The van der Waals surface area contributed by atoms with Gasteiger partial charge in [-0.05, 0) is 0 Å². The van der Waals surface area contributed by atoms with Crippen LogP contribution in [0, 0.1) is 0 Å². The van der Waals surface area contributed by atoms with Crippen molar-refractivity contribution in [1.82, 2.24) is 0 Å². The molecule has 0 unspecified atom stereocenters. The summed E-state index contributed by atoms with van der Waals surface area (Å²) in [6, 6.07) is 0. The van der Waals surface area contributed by atoms with Crippen molar-refractivity contribution in [3.8, 4) is 0 Å². The van der Waals surface area contributed by atoms with E-state index in [1.54, 1.807) is 0 Å². The van der Waals surface area contributed by atoms with Gasteiger partial charge in [0.1, 0.15) is 0 Å². The molecule has 0 aliphatic carbocycles. The Bertz CT molecular complexity index is 88.6. The molecule has 2 nitrogen and oxygen atoms in total. The van der Waals surface area contributed by atoms with Crippen molar-refractivity contribution in [2.24, 2.45) is 0 Å². The maximum atomic E-state index is 5.71. The Morgan fingerprint density at radius 1 is 0.750 bits per heavy atom. The van der Waals surface area contributed by atoms with Crippen LogP contribution in [-0.2, 0) is 2.82 Å². The predicted molar refractivity (Wildman–Crippen MR) is 37.1 cm³/mol. The molecule has 1 saturated heterocycles. The van der Waals surface area contributed by atoms with Crippen LogP contribution in [-0.4, -0.2) is 38.4 Å². The van der Waals surface area contributed by atoms with Crippen molar-refractivity contribution in [1.29, 1.82) is 0 Å². The summed E-state index contributed by atoms with van der Waals surface area (Å²) in [4.78, 5) is 8.65. The zero-order valence-corrected chi connectivity index (χ0v) is 11.5. The van der Waals surface area contributed by atoms with Gasteiger partial charge in [0.2, 0.25) is 0 Å². The Morgan fingerprint density at radius 3 is 1.00 bits per heavy atom. The van der Waals surface area contributed by atoms with Gasteiger partial charge >= 0.3 is 61.0 Å². The van der Waals surface area contributed by atoms with Gasteiger partial charge in [-0.2, -0.15) is 0 Å². The van der Waals surface area contributed by atoms with E-state index in [9.17, 15) is 0 Å². The number of hydrogen-bond acceptors (Lipinski definition) is 2. The van der Waals surface area contributed by atoms with Gasteiger partial charge < -0.3 is 0 Å². The minimum absolute atomic E-state index is 2.13. The molecule has 0 aromatic carbocycles. The van der Waals surface area contributed by atoms with E-state index in [4.69, 9.17) is 2.82 Å². The molecule has 1 heterocycles. The average molecular weight is 330 g/mol. The van der Waals surface area contributed by atoms with Crippen molar-refractivity contribution in [3.05, 3.63) is 0 Å². The van der Waals surface area contributed by atoms with Crippen LogP contribution in [0.5, 0.6) is 0 Å². The summed E-state index contributed by atoms with van der Waals surface area (Å²) in [6.45, 7) is 0. The summed E-state index contributed by atoms with van der Waals surface area (Å²) < 4.78 is 11.4. The molecule has 8 heavy (non-hydrogen) atoms. The summed E-state index contributed by atoms with van der Waals surface area (Å²) in [5.41, 5.74) is 0. The maximum absolute atomic E-state index is 5.71. The van der Waals surface area contributed by atoms with Crippen LogP contribution in [0.2, 0.25) is 19.8 Å². The summed E-state index contributed by atoms with van der Waals surface area (Å²) in [7, 11) is 0. The van der Waals surface area contributed by atoms with Gasteiger partial charge in [-0.15, -0.1) is 0 Å². The molecule has 4 heteroatoms. The zero-order chi connectivity index (χ0) is 6.41. The van der Waals surface area contributed by atoms with E-state index in [1.807, 2.05) is 0 Å². The molecule has 0 radical (unpaired) electrons. The summed E-state index contributed by atoms with van der Waals surface area (Å²) in [5.74, 6) is 0. The molecule has 0 saturated carbocycles. The van der Waals surface area contributed by atoms with Gasteiger partial charge in [-0.1, -0.05) is 0 Å². The van der Waals surface area contributed by atoms with Crippen molar-refractivity contribution >= 4 is 38.4 Å². The molecule has 0 aromatic heterocycles. The fraction of sp³-hybridized carbons (Fsp3) is 1.00. The van der Waals surface area contributed by atoms with E-state index in [2.05, 4.69) is 19.8 Å². The fourth-order valence-corrected chi connectivity index (χ4v) is 53.6. The SMILES string of the molecule is [CH3][Sn]1([CH3])[O][Sn]([CH3])([CH3])[O]1. The van der Waals surface area contributed by atoms with E-state index in [-0.39, 0.29) is 0 Å². The molecule has 1 fully saturated rings. The van der Waals surface area contributed by atoms with Crippen molar-refractivity contribution in [2.75, 3.05) is 0 Å². The molecule has 0 aromatic rings. The molecule has 0 N–H and O–H groups in total. The Kier molecular flexibility index (Phi) is 1.90. The number of hydrogen-bond donors (Lipinski definition) is 0. The van der Waals surface area contributed by atoms with Crippen LogP contribution in [0.3, 0.4) is 0 Å². The van der Waals surface area contributed by atoms with Crippen LogP contribution in [0.15, 0.2) is 0 Å². The standard InChI is InChI=1S/4CH3.2O.2Sn/h4*1H3;;;;. The van der Waals surface area contributed by atoms with Crippen molar-refractivity contribution in [2.45, 2.75) is 19.8 Å². The molecule has 0 amide bonds. The first-order chi connectivity index (χ1) is 3.41. The first-order valence-corrected chi connectivity index (χ1v) is 18.9. The first kappa shape index (κ1) is 7.62. The van der Waals surface area contributed by atoms with Gasteiger partial charge in [0.15, 0.2) is 0 Å². The molecular formula is C4H12O2Sn2. The monoisotopic (exact) mass is 332 g/mol. The summed E-state index contributed by atoms with van der Waals surface area (Å²) in [6.07, 6.45) is 0. The van der Waals surface area contributed by atoms with E-state index in [0.717, 1.165) is 0 Å². The van der Waals surface area contributed by atoms with Crippen LogP contribution >= 0.6 is 0 Å². The molecule has 1 aliphatic rings. The third kappa shape index (κ3) is 1.75. The predicted octanol–water partition coefficient (Wildman–Crippen LogP) is 1.44. The molecule has 1 aliphatic heterocycles. The van der Waals surface area contributed by atoms with Crippen LogP contribution in [0.25, 0.3) is 0 Å². The van der Waals surface area contributed by atoms with Gasteiger partial charge in [0.05, 0.1) is 0 Å². The number of rotatable bonds is 0. The van der Waals surface area contributed by atoms with Crippen molar-refractivity contribution < 1.29 is 2.82 Å². The second-order valence-electron chi connectivity index (χ2n) is 3.00. The molecule has 1 rings (SSSR count). The normalized spacial score (nSPS) is 31.5. The Hall–Kier alpha value is 1.52. The molecular weight excluding hydrogens is 317 g/mol.